The first-order chi connectivity index (χ1) is 8.72. The van der Waals surface area contributed by atoms with Gasteiger partial charge in [0.05, 0.1) is 0 Å². The van der Waals surface area contributed by atoms with Gasteiger partial charge in [-0.1, -0.05) is 30.0 Å². The maximum absolute atomic E-state index is 13.7. The van der Waals surface area contributed by atoms with Crippen molar-refractivity contribution in [3.63, 3.8) is 0 Å². The maximum atomic E-state index is 13.7. The normalized spacial score (nSPS) is 10.6. The molecule has 0 aliphatic carbocycles. The lowest BCUT2D eigenvalue weighted by Gasteiger charge is -2.09. The van der Waals surface area contributed by atoms with Crippen LogP contribution in [0.4, 0.5) is 8.78 Å². The van der Waals surface area contributed by atoms with E-state index in [9.17, 15) is 8.78 Å². The lowest BCUT2D eigenvalue weighted by atomic mass is 10.1. The van der Waals surface area contributed by atoms with E-state index in [-0.39, 0.29) is 11.6 Å². The fraction of sp³-hybridized carbons (Fsp3) is 0.143. The highest BCUT2D eigenvalue weighted by atomic mass is 32.2. The summed E-state index contributed by atoms with van der Waals surface area (Å²) in [5.41, 5.74) is 6.02. The summed E-state index contributed by atoms with van der Waals surface area (Å²) >= 11 is 1.22. The van der Waals surface area contributed by atoms with Gasteiger partial charge in [0, 0.05) is 15.4 Å². The lowest BCUT2D eigenvalue weighted by molar-refractivity contribution is 0.599. The third kappa shape index (κ3) is 2.89. The highest BCUT2D eigenvalue weighted by Gasteiger charge is 2.10. The van der Waals surface area contributed by atoms with Crippen molar-refractivity contribution in [2.75, 3.05) is 6.54 Å². The van der Waals surface area contributed by atoms with Crippen LogP contribution >= 0.6 is 11.8 Å². The van der Waals surface area contributed by atoms with Crippen LogP contribution in [0.2, 0.25) is 0 Å². The van der Waals surface area contributed by atoms with Crippen molar-refractivity contribution in [2.45, 2.75) is 16.2 Å². The third-order valence-corrected chi connectivity index (χ3v) is 3.68. The molecular formula is C14H13F2NS. The first-order valence-corrected chi connectivity index (χ1v) is 6.44. The van der Waals surface area contributed by atoms with Gasteiger partial charge in [-0.05, 0) is 37.2 Å². The minimum absolute atomic E-state index is 0.290. The Morgan fingerprint density at radius 3 is 2.28 bits per heavy atom. The summed E-state index contributed by atoms with van der Waals surface area (Å²) in [6, 6.07) is 11.3. The van der Waals surface area contributed by atoms with E-state index in [1.807, 2.05) is 0 Å². The minimum atomic E-state index is -0.301. The van der Waals surface area contributed by atoms with Crippen molar-refractivity contribution in [3.8, 4) is 0 Å². The number of hydrogen-bond donors (Lipinski definition) is 1. The standard InChI is InChI=1S/C14H13F2NS/c15-11-5-3-7-13(10(11)8-9-17)18-14-6-2-1-4-12(14)16/h1-7H,8-9,17H2. The molecule has 0 atom stereocenters. The van der Waals surface area contributed by atoms with Crippen LogP contribution in [0.25, 0.3) is 0 Å². The number of hydrogen-bond acceptors (Lipinski definition) is 2. The first-order valence-electron chi connectivity index (χ1n) is 5.62. The summed E-state index contributed by atoms with van der Waals surface area (Å²) in [7, 11) is 0. The molecule has 0 fully saturated rings. The summed E-state index contributed by atoms with van der Waals surface area (Å²) in [4.78, 5) is 1.20. The Hall–Kier alpha value is -1.39. The van der Waals surface area contributed by atoms with E-state index >= 15 is 0 Å². The summed E-state index contributed by atoms with van der Waals surface area (Å²) in [6.07, 6.45) is 0.448. The van der Waals surface area contributed by atoms with Gasteiger partial charge < -0.3 is 5.73 Å². The van der Waals surface area contributed by atoms with E-state index in [0.717, 1.165) is 0 Å². The van der Waals surface area contributed by atoms with Crippen molar-refractivity contribution in [1.29, 1.82) is 0 Å². The molecule has 18 heavy (non-hydrogen) atoms. The molecule has 2 aromatic carbocycles. The Morgan fingerprint density at radius 1 is 0.889 bits per heavy atom. The Balaban J connectivity index is 2.34. The van der Waals surface area contributed by atoms with Crippen molar-refractivity contribution < 1.29 is 8.78 Å². The van der Waals surface area contributed by atoms with Crippen LogP contribution in [-0.2, 0) is 6.42 Å². The Labute approximate surface area is 109 Å². The average molecular weight is 265 g/mol. The molecule has 0 aliphatic heterocycles. The average Bonchev–Trinajstić information content (AvgIpc) is 2.36. The van der Waals surface area contributed by atoms with Crippen molar-refractivity contribution in [2.24, 2.45) is 5.73 Å². The van der Waals surface area contributed by atoms with E-state index in [2.05, 4.69) is 0 Å². The second kappa shape index (κ2) is 5.98. The van der Waals surface area contributed by atoms with Gasteiger partial charge in [0.2, 0.25) is 0 Å². The van der Waals surface area contributed by atoms with Gasteiger partial charge in [-0.25, -0.2) is 8.78 Å². The van der Waals surface area contributed by atoms with Gasteiger partial charge in [0.1, 0.15) is 11.6 Å². The van der Waals surface area contributed by atoms with Crippen molar-refractivity contribution in [1.82, 2.24) is 0 Å². The van der Waals surface area contributed by atoms with Gasteiger partial charge in [0.15, 0.2) is 0 Å². The quantitative estimate of drug-likeness (QED) is 0.913. The Kier molecular flexibility index (Phi) is 4.33. The van der Waals surface area contributed by atoms with Gasteiger partial charge in [-0.15, -0.1) is 0 Å². The van der Waals surface area contributed by atoms with Crippen LogP contribution in [0.1, 0.15) is 5.56 Å². The molecule has 0 saturated heterocycles. The second-order valence-electron chi connectivity index (χ2n) is 3.79. The maximum Gasteiger partial charge on any atom is 0.137 e. The number of nitrogens with two attached hydrogens (primary N) is 1. The molecule has 0 spiro atoms. The van der Waals surface area contributed by atoms with Crippen LogP contribution in [0.15, 0.2) is 52.3 Å². The Morgan fingerprint density at radius 2 is 1.56 bits per heavy atom. The van der Waals surface area contributed by atoms with Crippen LogP contribution in [-0.4, -0.2) is 6.54 Å². The van der Waals surface area contributed by atoms with Gasteiger partial charge >= 0.3 is 0 Å². The molecule has 2 rings (SSSR count). The highest BCUT2D eigenvalue weighted by Crippen LogP contribution is 2.33. The van der Waals surface area contributed by atoms with Gasteiger partial charge in [-0.3, -0.25) is 0 Å². The largest absolute Gasteiger partial charge is 0.330 e. The smallest absolute Gasteiger partial charge is 0.137 e. The predicted octanol–water partition coefficient (Wildman–Crippen LogP) is 3.62. The zero-order chi connectivity index (χ0) is 13.0. The summed E-state index contributed by atoms with van der Waals surface area (Å²) in [5.74, 6) is -0.591. The molecule has 0 heterocycles. The molecule has 0 radical (unpaired) electrons. The van der Waals surface area contributed by atoms with E-state index in [1.165, 1.54) is 23.9 Å². The minimum Gasteiger partial charge on any atom is -0.330 e. The zero-order valence-electron chi connectivity index (χ0n) is 9.70. The topological polar surface area (TPSA) is 26.0 Å². The molecule has 2 N–H and O–H groups in total. The molecule has 1 nitrogen and oxygen atoms in total. The number of rotatable bonds is 4. The SMILES string of the molecule is NCCc1c(F)cccc1Sc1ccccc1F. The number of benzene rings is 2. The molecule has 0 saturated carbocycles. The van der Waals surface area contributed by atoms with Crippen LogP contribution in [0, 0.1) is 11.6 Å². The van der Waals surface area contributed by atoms with Gasteiger partial charge in [-0.2, -0.15) is 0 Å². The van der Waals surface area contributed by atoms with Crippen LogP contribution < -0.4 is 5.73 Å². The fourth-order valence-corrected chi connectivity index (χ4v) is 2.69. The molecule has 0 bridgehead atoms. The molecule has 0 amide bonds. The van der Waals surface area contributed by atoms with Crippen LogP contribution in [0.5, 0.6) is 0 Å². The fourth-order valence-electron chi connectivity index (χ4n) is 1.67. The molecule has 4 heteroatoms. The molecule has 0 unspecified atom stereocenters. The molecule has 94 valence electrons. The van der Waals surface area contributed by atoms with Crippen molar-refractivity contribution >= 4 is 11.8 Å². The Bertz CT molecular complexity index is 543. The molecule has 2 aromatic rings. The van der Waals surface area contributed by atoms with Crippen molar-refractivity contribution in [3.05, 3.63) is 59.7 Å². The number of halogens is 2. The summed E-state index contributed by atoms with van der Waals surface area (Å²) < 4.78 is 27.2. The summed E-state index contributed by atoms with van der Waals surface area (Å²) in [5, 5.41) is 0. The summed E-state index contributed by atoms with van der Waals surface area (Å²) in [6.45, 7) is 0.367. The second-order valence-corrected chi connectivity index (χ2v) is 4.87. The van der Waals surface area contributed by atoms with E-state index in [0.29, 0.717) is 28.3 Å². The van der Waals surface area contributed by atoms with Crippen LogP contribution in [0.3, 0.4) is 0 Å². The molecular weight excluding hydrogens is 252 g/mol. The monoisotopic (exact) mass is 265 g/mol. The third-order valence-electron chi connectivity index (χ3n) is 2.53. The first kappa shape index (κ1) is 13.1. The molecule has 0 aliphatic rings. The van der Waals surface area contributed by atoms with Gasteiger partial charge in [0.25, 0.3) is 0 Å². The predicted molar refractivity (Wildman–Crippen MR) is 69.7 cm³/mol. The van der Waals surface area contributed by atoms with E-state index < -0.39 is 0 Å². The highest BCUT2D eigenvalue weighted by molar-refractivity contribution is 7.99. The molecule has 0 aromatic heterocycles. The van der Waals surface area contributed by atoms with E-state index in [4.69, 9.17) is 5.73 Å². The van der Waals surface area contributed by atoms with E-state index in [1.54, 1.807) is 30.3 Å². The zero-order valence-corrected chi connectivity index (χ0v) is 10.5. The lowest BCUT2D eigenvalue weighted by Crippen LogP contribution is -2.05.